The van der Waals surface area contributed by atoms with Crippen LogP contribution in [-0.2, 0) is 6.42 Å². The highest BCUT2D eigenvalue weighted by atomic mass is 35.5. The van der Waals surface area contributed by atoms with Crippen LogP contribution in [-0.4, -0.2) is 0 Å². The van der Waals surface area contributed by atoms with Gasteiger partial charge < -0.3 is 4.42 Å². The SMILES string of the molecule is Fc1cccc(CC(Cl)c2ccco2)c1. The normalized spacial score (nSPS) is 12.7. The molecule has 0 aliphatic heterocycles. The van der Waals surface area contributed by atoms with Gasteiger partial charge in [-0.2, -0.15) is 0 Å². The first kappa shape index (κ1) is 10.2. The van der Waals surface area contributed by atoms with E-state index in [1.54, 1.807) is 18.4 Å². The minimum atomic E-state index is -0.248. The first-order valence-electron chi connectivity index (χ1n) is 4.67. The van der Waals surface area contributed by atoms with Crippen molar-refractivity contribution in [3.8, 4) is 0 Å². The van der Waals surface area contributed by atoms with Crippen LogP contribution in [0.2, 0.25) is 0 Å². The summed E-state index contributed by atoms with van der Waals surface area (Å²) in [5.41, 5.74) is 0.867. The Hall–Kier alpha value is -1.28. The van der Waals surface area contributed by atoms with Crippen LogP contribution in [0.5, 0.6) is 0 Å². The molecule has 0 N–H and O–H groups in total. The summed E-state index contributed by atoms with van der Waals surface area (Å²) < 4.78 is 18.1. The summed E-state index contributed by atoms with van der Waals surface area (Å²) >= 11 is 6.12. The smallest absolute Gasteiger partial charge is 0.123 e. The number of benzene rings is 1. The monoisotopic (exact) mass is 224 g/mol. The van der Waals surface area contributed by atoms with Gasteiger partial charge in [-0.1, -0.05) is 12.1 Å². The standard InChI is InChI=1S/C12H10ClFO/c13-11(12-5-2-6-15-12)8-9-3-1-4-10(14)7-9/h1-7,11H,8H2. The van der Waals surface area contributed by atoms with Crippen molar-refractivity contribution >= 4 is 11.6 Å². The average Bonchev–Trinajstić information content (AvgIpc) is 2.70. The van der Waals surface area contributed by atoms with Crippen LogP contribution in [0.15, 0.2) is 47.1 Å². The fourth-order valence-corrected chi connectivity index (χ4v) is 1.74. The molecular formula is C12H10ClFO. The van der Waals surface area contributed by atoms with Crippen LogP contribution >= 0.6 is 11.6 Å². The molecule has 0 amide bonds. The maximum atomic E-state index is 12.9. The van der Waals surface area contributed by atoms with Crippen molar-refractivity contribution in [3.63, 3.8) is 0 Å². The van der Waals surface area contributed by atoms with Crippen LogP contribution in [0, 0.1) is 5.82 Å². The lowest BCUT2D eigenvalue weighted by Crippen LogP contribution is -1.94. The van der Waals surface area contributed by atoms with Gasteiger partial charge in [-0.15, -0.1) is 11.6 Å². The summed E-state index contributed by atoms with van der Waals surface area (Å²) in [6.45, 7) is 0. The molecule has 1 nitrogen and oxygen atoms in total. The van der Waals surface area contributed by atoms with Crippen molar-refractivity contribution in [2.24, 2.45) is 0 Å². The van der Waals surface area contributed by atoms with Crippen molar-refractivity contribution in [1.82, 2.24) is 0 Å². The van der Waals surface area contributed by atoms with E-state index in [0.29, 0.717) is 12.2 Å². The minimum Gasteiger partial charge on any atom is -0.468 e. The third-order valence-corrected chi connectivity index (χ3v) is 2.53. The molecule has 3 heteroatoms. The number of alkyl halides is 1. The van der Waals surface area contributed by atoms with E-state index in [0.717, 1.165) is 5.56 Å². The first-order valence-corrected chi connectivity index (χ1v) is 5.11. The third-order valence-electron chi connectivity index (χ3n) is 2.16. The van der Waals surface area contributed by atoms with Crippen molar-refractivity contribution < 1.29 is 8.81 Å². The van der Waals surface area contributed by atoms with Gasteiger partial charge in [0.1, 0.15) is 11.6 Å². The van der Waals surface area contributed by atoms with Crippen molar-refractivity contribution in [1.29, 1.82) is 0 Å². The van der Waals surface area contributed by atoms with E-state index in [2.05, 4.69) is 0 Å². The van der Waals surface area contributed by atoms with Gasteiger partial charge >= 0.3 is 0 Å². The van der Waals surface area contributed by atoms with E-state index < -0.39 is 0 Å². The molecule has 1 aromatic heterocycles. The Labute approximate surface area is 92.5 Å². The van der Waals surface area contributed by atoms with E-state index in [1.165, 1.54) is 12.1 Å². The molecule has 0 spiro atoms. The topological polar surface area (TPSA) is 13.1 Å². The molecule has 0 radical (unpaired) electrons. The molecule has 1 unspecified atom stereocenters. The highest BCUT2D eigenvalue weighted by Gasteiger charge is 2.11. The van der Waals surface area contributed by atoms with Crippen LogP contribution in [0.25, 0.3) is 0 Å². The molecule has 15 heavy (non-hydrogen) atoms. The molecular weight excluding hydrogens is 215 g/mol. The highest BCUT2D eigenvalue weighted by Crippen LogP contribution is 2.25. The lowest BCUT2D eigenvalue weighted by Gasteiger charge is -2.06. The third kappa shape index (κ3) is 2.60. The molecule has 1 heterocycles. The summed E-state index contributed by atoms with van der Waals surface area (Å²) in [6, 6.07) is 10.0. The predicted molar refractivity (Wildman–Crippen MR) is 57.4 cm³/mol. The largest absolute Gasteiger partial charge is 0.468 e. The zero-order valence-electron chi connectivity index (χ0n) is 7.99. The minimum absolute atomic E-state index is 0.240. The molecule has 1 atom stereocenters. The summed E-state index contributed by atoms with van der Waals surface area (Å²) in [5.74, 6) is 0.469. The van der Waals surface area contributed by atoms with Crippen molar-refractivity contribution in [3.05, 3.63) is 59.8 Å². The average molecular weight is 225 g/mol. The van der Waals surface area contributed by atoms with Gasteiger partial charge in [-0.25, -0.2) is 4.39 Å². The summed E-state index contributed by atoms with van der Waals surface area (Å²) in [6.07, 6.45) is 2.14. The highest BCUT2D eigenvalue weighted by molar-refractivity contribution is 6.20. The number of hydrogen-bond acceptors (Lipinski definition) is 1. The Morgan fingerprint density at radius 1 is 1.27 bits per heavy atom. The maximum absolute atomic E-state index is 12.9. The predicted octanol–water partition coefficient (Wildman–Crippen LogP) is 3.94. The van der Waals surface area contributed by atoms with Gasteiger partial charge in [0.05, 0.1) is 11.6 Å². The van der Waals surface area contributed by atoms with Gasteiger partial charge in [-0.3, -0.25) is 0 Å². The molecule has 0 bridgehead atoms. The number of hydrogen-bond donors (Lipinski definition) is 0. The number of halogens is 2. The Kier molecular flexibility index (Phi) is 3.07. The second kappa shape index (κ2) is 4.49. The molecule has 78 valence electrons. The van der Waals surface area contributed by atoms with E-state index in [1.807, 2.05) is 12.1 Å². The molecule has 2 rings (SSSR count). The van der Waals surface area contributed by atoms with Crippen LogP contribution < -0.4 is 0 Å². The molecule has 0 fully saturated rings. The zero-order valence-corrected chi connectivity index (χ0v) is 8.75. The molecule has 0 saturated heterocycles. The van der Waals surface area contributed by atoms with Gasteiger partial charge in [0, 0.05) is 0 Å². The molecule has 0 saturated carbocycles. The summed E-state index contributed by atoms with van der Waals surface area (Å²) in [7, 11) is 0. The Bertz CT molecular complexity index is 425. The second-order valence-electron chi connectivity index (χ2n) is 3.32. The lowest BCUT2D eigenvalue weighted by molar-refractivity contribution is 0.502. The van der Waals surface area contributed by atoms with Crippen molar-refractivity contribution in [2.75, 3.05) is 0 Å². The van der Waals surface area contributed by atoms with E-state index in [9.17, 15) is 4.39 Å². The van der Waals surface area contributed by atoms with Gasteiger partial charge in [0.25, 0.3) is 0 Å². The second-order valence-corrected chi connectivity index (χ2v) is 3.84. The van der Waals surface area contributed by atoms with Crippen LogP contribution in [0.1, 0.15) is 16.7 Å². The van der Waals surface area contributed by atoms with Gasteiger partial charge in [0.2, 0.25) is 0 Å². The molecule has 1 aromatic carbocycles. The molecule has 2 aromatic rings. The quantitative estimate of drug-likeness (QED) is 0.720. The first-order chi connectivity index (χ1) is 7.25. The molecule has 0 aliphatic rings. The zero-order chi connectivity index (χ0) is 10.7. The Morgan fingerprint density at radius 3 is 2.80 bits per heavy atom. The van der Waals surface area contributed by atoms with Crippen LogP contribution in [0.3, 0.4) is 0 Å². The van der Waals surface area contributed by atoms with Crippen molar-refractivity contribution in [2.45, 2.75) is 11.8 Å². The van der Waals surface area contributed by atoms with Gasteiger partial charge in [-0.05, 0) is 36.2 Å². The Morgan fingerprint density at radius 2 is 2.13 bits per heavy atom. The number of rotatable bonds is 3. The van der Waals surface area contributed by atoms with E-state index in [-0.39, 0.29) is 11.2 Å². The van der Waals surface area contributed by atoms with Crippen LogP contribution in [0.4, 0.5) is 4.39 Å². The van der Waals surface area contributed by atoms with E-state index in [4.69, 9.17) is 16.0 Å². The number of furan rings is 1. The summed E-state index contributed by atoms with van der Waals surface area (Å²) in [4.78, 5) is 0. The fourth-order valence-electron chi connectivity index (χ4n) is 1.44. The van der Waals surface area contributed by atoms with Gasteiger partial charge in [0.15, 0.2) is 0 Å². The Balaban J connectivity index is 2.09. The lowest BCUT2D eigenvalue weighted by atomic mass is 10.1. The fraction of sp³-hybridized carbons (Fsp3) is 0.167. The van der Waals surface area contributed by atoms with E-state index >= 15 is 0 Å². The maximum Gasteiger partial charge on any atom is 0.123 e. The molecule has 0 aliphatic carbocycles. The summed E-state index contributed by atoms with van der Waals surface area (Å²) in [5, 5.41) is -0.248.